The molecule has 1 fully saturated rings. The lowest BCUT2D eigenvalue weighted by atomic mass is 10.0. The summed E-state index contributed by atoms with van der Waals surface area (Å²) in [6.07, 6.45) is -2.82. The molecule has 3 aromatic carbocycles. The number of aromatic nitrogens is 2. The van der Waals surface area contributed by atoms with Gasteiger partial charge in [-0.05, 0) is 59.7 Å². The zero-order valence-electron chi connectivity index (χ0n) is 25.5. The van der Waals surface area contributed by atoms with E-state index >= 15 is 0 Å². The number of anilines is 1. The summed E-state index contributed by atoms with van der Waals surface area (Å²) in [6, 6.07) is 20.4. The first-order chi connectivity index (χ1) is 22.8. The molecule has 1 aliphatic rings. The Morgan fingerprint density at radius 1 is 0.917 bits per heavy atom. The molecule has 2 aromatic heterocycles. The molecule has 1 amide bonds. The molecule has 1 N–H and O–H groups in total. The Bertz CT molecular complexity index is 2130. The maximum atomic E-state index is 13.5. The molecule has 0 bridgehead atoms. The first-order valence-corrected chi connectivity index (χ1v) is 16.3. The first-order valence-electron chi connectivity index (χ1n) is 14.8. The van der Waals surface area contributed by atoms with Crippen molar-refractivity contribution in [2.24, 2.45) is 0 Å². The van der Waals surface area contributed by atoms with E-state index in [0.717, 1.165) is 12.1 Å². The van der Waals surface area contributed by atoms with Crippen LogP contribution in [0.3, 0.4) is 0 Å². The number of hydrogen-bond acceptors (Lipinski definition) is 7. The molecule has 0 spiro atoms. The number of imidazole rings is 1. The fourth-order valence-corrected chi connectivity index (χ4v) is 7.11. The number of fused-ring (bicyclic) bond motifs is 1. The summed E-state index contributed by atoms with van der Waals surface area (Å²) in [4.78, 5) is 29.3. The lowest BCUT2D eigenvalue weighted by molar-refractivity contribution is -0.384. The highest BCUT2D eigenvalue weighted by Crippen LogP contribution is 2.34. The summed E-state index contributed by atoms with van der Waals surface area (Å²) >= 11 is 0. The van der Waals surface area contributed by atoms with Crippen LogP contribution in [0.15, 0.2) is 96.0 Å². The van der Waals surface area contributed by atoms with Gasteiger partial charge in [-0.1, -0.05) is 24.3 Å². The Labute approximate surface area is 273 Å². The average Bonchev–Trinajstić information content (AvgIpc) is 3.42. The Morgan fingerprint density at radius 2 is 1.60 bits per heavy atom. The number of amides is 1. The molecule has 0 saturated carbocycles. The Balaban J connectivity index is 1.31. The summed E-state index contributed by atoms with van der Waals surface area (Å²) in [5.41, 5.74) is 2.54. The van der Waals surface area contributed by atoms with Crippen LogP contribution in [-0.4, -0.2) is 64.0 Å². The molecule has 248 valence electrons. The SMILES string of the molecule is CC(=O)Nc1ccc(S(=O)(=O)N2CCN(Cc3c(-c4cccc([N+](=O)[O-])c4)nc4ccc(-c5cccc(C(F)(F)F)c5)cn34)CC2)cc1. The number of carbonyl (C=O) groups excluding carboxylic acids is 1. The van der Waals surface area contributed by atoms with E-state index in [9.17, 15) is 36.5 Å². The summed E-state index contributed by atoms with van der Waals surface area (Å²) in [5, 5.41) is 14.2. The van der Waals surface area contributed by atoms with E-state index in [1.54, 1.807) is 40.9 Å². The van der Waals surface area contributed by atoms with Crippen molar-refractivity contribution in [3.8, 4) is 22.4 Å². The van der Waals surface area contributed by atoms with Gasteiger partial charge in [0.05, 0.1) is 26.8 Å². The molecule has 6 rings (SSSR count). The summed E-state index contributed by atoms with van der Waals surface area (Å²) in [6.45, 7) is 2.74. The minimum atomic E-state index is -4.51. The van der Waals surface area contributed by atoms with Crippen LogP contribution in [0.4, 0.5) is 24.5 Å². The van der Waals surface area contributed by atoms with Crippen molar-refractivity contribution in [2.45, 2.75) is 24.5 Å². The molecule has 11 nitrogen and oxygen atoms in total. The molecule has 0 aliphatic carbocycles. The molecular weight excluding hydrogens is 649 g/mol. The highest BCUT2D eigenvalue weighted by Gasteiger charge is 2.31. The fraction of sp³-hybridized carbons (Fsp3) is 0.212. The minimum Gasteiger partial charge on any atom is -0.326 e. The van der Waals surface area contributed by atoms with E-state index in [1.807, 2.05) is 4.90 Å². The number of alkyl halides is 3. The molecule has 1 aliphatic heterocycles. The van der Waals surface area contributed by atoms with Crippen molar-refractivity contribution in [3.63, 3.8) is 0 Å². The Hall–Kier alpha value is -5.12. The number of pyridine rings is 1. The number of piperazine rings is 1. The summed E-state index contributed by atoms with van der Waals surface area (Å²) in [7, 11) is -3.81. The Kier molecular flexibility index (Phi) is 8.76. The van der Waals surface area contributed by atoms with Crippen LogP contribution in [0.25, 0.3) is 28.0 Å². The number of nitrogens with one attached hydrogen (secondary N) is 1. The second-order valence-electron chi connectivity index (χ2n) is 11.3. The number of carbonyl (C=O) groups is 1. The summed E-state index contributed by atoms with van der Waals surface area (Å²) < 4.78 is 70.3. The lowest BCUT2D eigenvalue weighted by Gasteiger charge is -2.34. The third-order valence-corrected chi connectivity index (χ3v) is 10.0. The topological polar surface area (TPSA) is 130 Å². The van der Waals surface area contributed by atoms with Crippen LogP contribution in [-0.2, 0) is 27.5 Å². The predicted octanol–water partition coefficient (Wildman–Crippen LogP) is 6.06. The smallest absolute Gasteiger partial charge is 0.326 e. The van der Waals surface area contributed by atoms with Gasteiger partial charge in [0.25, 0.3) is 5.69 Å². The number of non-ortho nitro benzene ring substituents is 1. The molecule has 3 heterocycles. The van der Waals surface area contributed by atoms with E-state index < -0.39 is 26.7 Å². The van der Waals surface area contributed by atoms with Gasteiger partial charge in [-0.15, -0.1) is 0 Å². The number of nitro benzene ring substituents is 1. The van der Waals surface area contributed by atoms with Crippen molar-refractivity contribution in [1.29, 1.82) is 0 Å². The molecule has 15 heteroatoms. The number of hydrogen-bond donors (Lipinski definition) is 1. The highest BCUT2D eigenvalue weighted by atomic mass is 32.2. The largest absolute Gasteiger partial charge is 0.416 e. The summed E-state index contributed by atoms with van der Waals surface area (Å²) in [5.74, 6) is -0.270. The van der Waals surface area contributed by atoms with Crippen molar-refractivity contribution in [3.05, 3.63) is 112 Å². The van der Waals surface area contributed by atoms with E-state index in [1.165, 1.54) is 53.7 Å². The third kappa shape index (κ3) is 6.79. The number of nitrogens with zero attached hydrogens (tertiary/aromatic N) is 5. The maximum absolute atomic E-state index is 13.5. The van der Waals surface area contributed by atoms with Gasteiger partial charge in [-0.3, -0.25) is 19.8 Å². The van der Waals surface area contributed by atoms with Crippen LogP contribution in [0.2, 0.25) is 0 Å². The molecule has 1 saturated heterocycles. The molecule has 0 radical (unpaired) electrons. The monoisotopic (exact) mass is 678 g/mol. The molecule has 0 unspecified atom stereocenters. The van der Waals surface area contributed by atoms with E-state index in [4.69, 9.17) is 4.98 Å². The van der Waals surface area contributed by atoms with Crippen LogP contribution in [0.1, 0.15) is 18.2 Å². The van der Waals surface area contributed by atoms with Crippen molar-refractivity contribution in [1.82, 2.24) is 18.6 Å². The van der Waals surface area contributed by atoms with E-state index in [-0.39, 0.29) is 36.1 Å². The van der Waals surface area contributed by atoms with E-state index in [0.29, 0.717) is 52.5 Å². The average molecular weight is 679 g/mol. The number of rotatable bonds is 8. The molecular formula is C33H29F3N6O5S. The number of benzene rings is 3. The van der Waals surface area contributed by atoms with Crippen LogP contribution in [0, 0.1) is 10.1 Å². The lowest BCUT2D eigenvalue weighted by Crippen LogP contribution is -2.48. The van der Waals surface area contributed by atoms with Gasteiger partial charge >= 0.3 is 6.18 Å². The van der Waals surface area contributed by atoms with E-state index in [2.05, 4.69) is 5.32 Å². The zero-order chi connectivity index (χ0) is 34.2. The van der Waals surface area contributed by atoms with Gasteiger partial charge in [0.2, 0.25) is 15.9 Å². The molecule has 0 atom stereocenters. The number of halogens is 3. The van der Waals surface area contributed by atoms with Crippen molar-refractivity contribution < 1.29 is 31.3 Å². The van der Waals surface area contributed by atoms with Crippen LogP contribution >= 0.6 is 0 Å². The van der Waals surface area contributed by atoms with Gasteiger partial charge in [-0.25, -0.2) is 13.4 Å². The predicted molar refractivity (Wildman–Crippen MR) is 173 cm³/mol. The highest BCUT2D eigenvalue weighted by molar-refractivity contribution is 7.89. The second-order valence-corrected chi connectivity index (χ2v) is 13.3. The number of sulfonamides is 1. The standard InChI is InChI=1S/C33H29F3N6O5S/c1-22(43)37-27-9-11-29(12-10-27)48(46,47)40-16-14-39(15-17-40)21-30-32(24-5-3-7-28(19-24)42(44)45)38-31-13-8-25(20-41(30)31)23-4-2-6-26(18-23)33(34,35)36/h2-13,18-20H,14-17,21H2,1H3,(H,37,43). The minimum absolute atomic E-state index is 0.0990. The van der Waals surface area contributed by atoms with Gasteiger partial charge in [0.15, 0.2) is 0 Å². The van der Waals surface area contributed by atoms with Gasteiger partial charge in [0, 0.05) is 69.2 Å². The first kappa shape index (κ1) is 32.8. The Morgan fingerprint density at radius 3 is 2.27 bits per heavy atom. The quantitative estimate of drug-likeness (QED) is 0.156. The van der Waals surface area contributed by atoms with Gasteiger partial charge in [-0.2, -0.15) is 17.5 Å². The van der Waals surface area contributed by atoms with Gasteiger partial charge < -0.3 is 9.72 Å². The fourth-order valence-electron chi connectivity index (χ4n) is 5.69. The molecule has 48 heavy (non-hydrogen) atoms. The maximum Gasteiger partial charge on any atom is 0.416 e. The molecule has 5 aromatic rings. The van der Waals surface area contributed by atoms with Crippen LogP contribution < -0.4 is 5.32 Å². The number of nitro groups is 1. The van der Waals surface area contributed by atoms with Crippen molar-refractivity contribution in [2.75, 3.05) is 31.5 Å². The zero-order valence-corrected chi connectivity index (χ0v) is 26.3. The van der Waals surface area contributed by atoms with Crippen molar-refractivity contribution >= 4 is 33.0 Å². The second kappa shape index (κ2) is 12.8. The van der Waals surface area contributed by atoms with Gasteiger partial charge in [0.1, 0.15) is 5.65 Å². The van der Waals surface area contributed by atoms with Crippen LogP contribution in [0.5, 0.6) is 0 Å². The normalized spacial score (nSPS) is 14.7. The third-order valence-electron chi connectivity index (χ3n) is 8.09.